The van der Waals surface area contributed by atoms with Gasteiger partial charge in [0.1, 0.15) is 5.82 Å². The molecule has 0 saturated carbocycles. The summed E-state index contributed by atoms with van der Waals surface area (Å²) in [4.78, 5) is 15.7. The molecule has 0 aliphatic heterocycles. The molecule has 3 aromatic heterocycles. The molecule has 11 rings (SSSR count). The van der Waals surface area contributed by atoms with Crippen LogP contribution in [-0.4, -0.2) is 24.1 Å². The molecular weight excluding hydrogens is 726 g/mol. The first-order chi connectivity index (χ1) is 28.6. The van der Waals surface area contributed by atoms with Gasteiger partial charge < -0.3 is 4.57 Å². The van der Waals surface area contributed by atoms with Crippen LogP contribution in [-0.2, 0) is 10.8 Å². The van der Waals surface area contributed by atoms with Crippen LogP contribution in [0.5, 0.6) is 0 Å². The van der Waals surface area contributed by atoms with Crippen molar-refractivity contribution in [1.82, 2.24) is 24.1 Å². The molecule has 0 fully saturated rings. The van der Waals surface area contributed by atoms with Crippen LogP contribution in [0.15, 0.2) is 158 Å². The first kappa shape index (κ1) is 35.3. The van der Waals surface area contributed by atoms with Gasteiger partial charge in [0.2, 0.25) is 5.95 Å². The van der Waals surface area contributed by atoms with E-state index in [1.807, 2.05) is 54.6 Å². The number of benzene rings is 7. The van der Waals surface area contributed by atoms with E-state index >= 15 is 0 Å². The minimum Gasteiger partial charge on any atom is -0.309 e. The van der Waals surface area contributed by atoms with Gasteiger partial charge in [-0.2, -0.15) is 9.97 Å². The molecule has 0 amide bonds. The van der Waals surface area contributed by atoms with Crippen LogP contribution in [0.1, 0.15) is 51.7 Å². The van der Waals surface area contributed by atoms with Gasteiger partial charge in [0.15, 0.2) is 11.6 Å². The monoisotopic (exact) mass is 767 g/mol. The highest BCUT2D eigenvalue weighted by Gasteiger charge is 2.37. The Morgan fingerprint density at radius 2 is 1.02 bits per heavy atom. The van der Waals surface area contributed by atoms with Crippen LogP contribution < -0.4 is 0 Å². The average molecular weight is 768 g/mol. The number of fused-ring (bicyclic) bond motifs is 7. The topological polar surface area (TPSA) is 48.5 Å². The highest BCUT2D eigenvalue weighted by molar-refractivity contribution is 6.19. The molecule has 7 aromatic carbocycles. The Bertz CT molecular complexity index is 3280. The minimum atomic E-state index is -0.279. The second-order valence-electron chi connectivity index (χ2n) is 17.3. The molecule has 6 heteroatoms. The smallest absolute Gasteiger partial charge is 0.238 e. The molecule has 0 spiro atoms. The molecule has 0 radical (unpaired) electrons. The quantitative estimate of drug-likeness (QED) is 0.175. The van der Waals surface area contributed by atoms with Crippen molar-refractivity contribution in [1.29, 1.82) is 0 Å². The van der Waals surface area contributed by atoms with Gasteiger partial charge in [-0.05, 0) is 94.5 Å². The molecule has 0 bridgehead atoms. The molecule has 5 nitrogen and oxygen atoms in total. The Balaban J connectivity index is 1.21. The zero-order valence-electron chi connectivity index (χ0n) is 33.5. The van der Waals surface area contributed by atoms with E-state index in [1.165, 1.54) is 46.0 Å². The summed E-state index contributed by atoms with van der Waals surface area (Å²) in [6.45, 7) is 9.55. The standard InChI is InChI=1S/C53H42FN5/c1-52(2)28-29-53(3,4)44-30-36(26-27-43(44)52)58-45-20-12-10-17-38(45)41-31-42-39-18-11-13-21-46(39)59(48(42)32-47(41)58)51-56-49(34-14-6-5-7-15-34)55-50(57-51)40-19-9-8-16-37(40)33-22-24-35(54)25-23-33/h5-27,30-32H,28-29H2,1-4H3. The van der Waals surface area contributed by atoms with Gasteiger partial charge in [-0.15, -0.1) is 0 Å². The van der Waals surface area contributed by atoms with Crippen molar-refractivity contribution in [2.75, 3.05) is 0 Å². The fraction of sp³-hybridized carbons (Fsp3) is 0.151. The molecule has 0 N–H and O–H groups in total. The van der Waals surface area contributed by atoms with Gasteiger partial charge in [0, 0.05) is 38.4 Å². The molecule has 10 aromatic rings. The summed E-state index contributed by atoms with van der Waals surface area (Å²) in [5, 5.41) is 4.65. The zero-order valence-corrected chi connectivity index (χ0v) is 33.5. The molecule has 0 unspecified atom stereocenters. The maximum atomic E-state index is 14.1. The Kier molecular flexibility index (Phi) is 7.80. The van der Waals surface area contributed by atoms with Crippen molar-refractivity contribution >= 4 is 43.6 Å². The lowest BCUT2D eigenvalue weighted by Gasteiger charge is -2.42. The summed E-state index contributed by atoms with van der Waals surface area (Å²) in [7, 11) is 0. The lowest BCUT2D eigenvalue weighted by atomic mass is 9.63. The van der Waals surface area contributed by atoms with E-state index in [9.17, 15) is 4.39 Å². The van der Waals surface area contributed by atoms with E-state index in [0.717, 1.165) is 61.7 Å². The van der Waals surface area contributed by atoms with E-state index in [1.54, 1.807) is 12.1 Å². The average Bonchev–Trinajstić information content (AvgIpc) is 3.77. The van der Waals surface area contributed by atoms with Gasteiger partial charge in [0.25, 0.3) is 0 Å². The minimum absolute atomic E-state index is 0.0709. The third kappa shape index (κ3) is 5.61. The van der Waals surface area contributed by atoms with Crippen LogP contribution in [0.4, 0.5) is 4.39 Å². The summed E-state index contributed by atoms with van der Waals surface area (Å²) in [6, 6.07) is 53.8. The van der Waals surface area contributed by atoms with Gasteiger partial charge in [-0.3, -0.25) is 4.57 Å². The van der Waals surface area contributed by atoms with E-state index in [4.69, 9.17) is 15.0 Å². The van der Waals surface area contributed by atoms with Gasteiger partial charge in [-0.1, -0.05) is 137 Å². The number of hydrogen-bond donors (Lipinski definition) is 0. The van der Waals surface area contributed by atoms with Crippen LogP contribution in [0.25, 0.3) is 89.2 Å². The van der Waals surface area contributed by atoms with Crippen molar-refractivity contribution in [3.05, 3.63) is 175 Å². The van der Waals surface area contributed by atoms with E-state index in [0.29, 0.717) is 17.6 Å². The molecule has 0 saturated heterocycles. The number of rotatable bonds is 5. The Morgan fingerprint density at radius 3 is 1.73 bits per heavy atom. The second-order valence-corrected chi connectivity index (χ2v) is 17.3. The maximum absolute atomic E-state index is 14.1. The number of para-hydroxylation sites is 2. The van der Waals surface area contributed by atoms with E-state index in [-0.39, 0.29) is 16.6 Å². The van der Waals surface area contributed by atoms with Crippen molar-refractivity contribution < 1.29 is 4.39 Å². The molecule has 0 atom stereocenters. The summed E-state index contributed by atoms with van der Waals surface area (Å²) in [5.74, 6) is 1.35. The van der Waals surface area contributed by atoms with Crippen molar-refractivity contribution in [3.63, 3.8) is 0 Å². The summed E-state index contributed by atoms with van der Waals surface area (Å²) in [6.07, 6.45) is 2.32. The molecule has 1 aliphatic carbocycles. The first-order valence-electron chi connectivity index (χ1n) is 20.4. The largest absolute Gasteiger partial charge is 0.309 e. The Labute approximate surface area is 342 Å². The number of aromatic nitrogens is 5. The van der Waals surface area contributed by atoms with E-state index in [2.05, 4.69) is 116 Å². The van der Waals surface area contributed by atoms with Gasteiger partial charge >= 0.3 is 0 Å². The number of halogens is 1. The normalized spacial score (nSPS) is 14.7. The number of nitrogens with zero attached hydrogens (tertiary/aromatic N) is 5. The number of hydrogen-bond acceptors (Lipinski definition) is 3. The lowest BCUT2D eigenvalue weighted by molar-refractivity contribution is 0.332. The zero-order chi connectivity index (χ0) is 40.0. The highest BCUT2D eigenvalue weighted by atomic mass is 19.1. The van der Waals surface area contributed by atoms with Crippen LogP contribution in [0.3, 0.4) is 0 Å². The fourth-order valence-electron chi connectivity index (χ4n) is 9.50. The third-order valence-electron chi connectivity index (χ3n) is 12.7. The van der Waals surface area contributed by atoms with Gasteiger partial charge in [-0.25, -0.2) is 9.37 Å². The van der Waals surface area contributed by atoms with Crippen LogP contribution in [0, 0.1) is 5.82 Å². The molecule has 3 heterocycles. The lowest BCUT2D eigenvalue weighted by Crippen LogP contribution is -2.33. The van der Waals surface area contributed by atoms with Crippen LogP contribution in [0.2, 0.25) is 0 Å². The maximum Gasteiger partial charge on any atom is 0.238 e. The summed E-state index contributed by atoms with van der Waals surface area (Å²) in [5.41, 5.74) is 12.0. The summed E-state index contributed by atoms with van der Waals surface area (Å²) >= 11 is 0. The van der Waals surface area contributed by atoms with Crippen molar-refractivity contribution in [3.8, 4) is 45.5 Å². The highest BCUT2D eigenvalue weighted by Crippen LogP contribution is 2.47. The van der Waals surface area contributed by atoms with Crippen molar-refractivity contribution in [2.24, 2.45) is 0 Å². The molecular formula is C53H42FN5. The van der Waals surface area contributed by atoms with Crippen LogP contribution >= 0.6 is 0 Å². The summed E-state index contributed by atoms with van der Waals surface area (Å²) < 4.78 is 18.7. The van der Waals surface area contributed by atoms with E-state index < -0.39 is 0 Å². The predicted octanol–water partition coefficient (Wildman–Crippen LogP) is 13.6. The second kappa shape index (κ2) is 13.0. The Morgan fingerprint density at radius 1 is 0.441 bits per heavy atom. The predicted molar refractivity (Wildman–Crippen MR) is 240 cm³/mol. The SMILES string of the molecule is CC1(C)CCC(C)(C)c2cc(-n3c4ccccc4c4cc5c6ccccc6n(-c6nc(-c7ccccc7)nc(-c7ccccc7-c7ccc(F)cc7)n6)c5cc43)ccc21. The van der Waals surface area contributed by atoms with Gasteiger partial charge in [0.05, 0.1) is 22.1 Å². The third-order valence-corrected chi connectivity index (χ3v) is 12.7. The van der Waals surface area contributed by atoms with Crippen molar-refractivity contribution in [2.45, 2.75) is 51.4 Å². The molecule has 1 aliphatic rings. The Hall–Kier alpha value is -6.92. The molecule has 286 valence electrons. The molecule has 59 heavy (non-hydrogen) atoms. The fourth-order valence-corrected chi connectivity index (χ4v) is 9.50. The first-order valence-corrected chi connectivity index (χ1v) is 20.4.